The second-order valence-corrected chi connectivity index (χ2v) is 7.53. The Labute approximate surface area is 111 Å². The van der Waals surface area contributed by atoms with Crippen molar-refractivity contribution in [1.82, 2.24) is 14.5 Å². The molecule has 8 heteroatoms. The Kier molecular flexibility index (Phi) is 4.18. The van der Waals surface area contributed by atoms with E-state index in [1.807, 2.05) is 0 Å². The molecular weight excluding hydrogens is 272 g/mol. The number of hydrogen-bond acceptors (Lipinski definition) is 6. The van der Waals surface area contributed by atoms with Crippen LogP contribution in [0.1, 0.15) is 39.0 Å². The minimum Gasteiger partial charge on any atom is -0.374 e. The Morgan fingerprint density at radius 3 is 2.83 bits per heavy atom. The second kappa shape index (κ2) is 5.50. The van der Waals surface area contributed by atoms with Crippen molar-refractivity contribution in [2.24, 2.45) is 0 Å². The number of rotatable bonds is 4. The molecule has 6 nitrogen and oxygen atoms in total. The normalized spacial score (nSPS) is 22.2. The number of anilines is 1. The molecule has 2 rings (SSSR count). The van der Waals surface area contributed by atoms with Gasteiger partial charge in [0.15, 0.2) is 0 Å². The predicted molar refractivity (Wildman–Crippen MR) is 70.8 cm³/mol. The fraction of sp³-hybridized carbons (Fsp3) is 0.800. The Balaban J connectivity index is 2.27. The van der Waals surface area contributed by atoms with Gasteiger partial charge in [-0.05, 0) is 19.3 Å². The zero-order chi connectivity index (χ0) is 13.2. The van der Waals surface area contributed by atoms with Crippen molar-refractivity contribution in [2.45, 2.75) is 49.4 Å². The number of sulfonamides is 1. The van der Waals surface area contributed by atoms with Crippen LogP contribution in [0.5, 0.6) is 0 Å². The lowest BCUT2D eigenvalue weighted by atomic mass is 10.0. The third kappa shape index (κ3) is 2.65. The minimum absolute atomic E-state index is 0.0167. The number of nitrogen functional groups attached to an aromatic ring is 1. The summed E-state index contributed by atoms with van der Waals surface area (Å²) >= 11 is 0.934. The molecule has 1 saturated heterocycles. The summed E-state index contributed by atoms with van der Waals surface area (Å²) in [5.41, 5.74) is 5.46. The highest BCUT2D eigenvalue weighted by atomic mass is 32.2. The highest BCUT2D eigenvalue weighted by Crippen LogP contribution is 2.29. The Bertz CT molecular complexity index is 498. The van der Waals surface area contributed by atoms with Gasteiger partial charge in [-0.2, -0.15) is 4.31 Å². The molecule has 1 atom stereocenters. The van der Waals surface area contributed by atoms with E-state index < -0.39 is 10.0 Å². The Morgan fingerprint density at radius 1 is 1.44 bits per heavy atom. The van der Waals surface area contributed by atoms with Crippen molar-refractivity contribution >= 4 is 26.5 Å². The van der Waals surface area contributed by atoms with Crippen LogP contribution in [0.15, 0.2) is 4.34 Å². The van der Waals surface area contributed by atoms with Crippen molar-refractivity contribution < 1.29 is 8.42 Å². The molecule has 1 fully saturated rings. The van der Waals surface area contributed by atoms with E-state index in [-0.39, 0.29) is 15.5 Å². The molecule has 1 unspecified atom stereocenters. The van der Waals surface area contributed by atoms with Crippen molar-refractivity contribution in [3.63, 3.8) is 0 Å². The largest absolute Gasteiger partial charge is 0.374 e. The van der Waals surface area contributed by atoms with E-state index in [1.54, 1.807) is 4.31 Å². The summed E-state index contributed by atoms with van der Waals surface area (Å²) in [5, 5.41) is 7.45. The first-order valence-corrected chi connectivity index (χ1v) is 8.42. The van der Waals surface area contributed by atoms with Crippen LogP contribution in [0.25, 0.3) is 0 Å². The summed E-state index contributed by atoms with van der Waals surface area (Å²) in [5.74, 6) is 0. The summed E-state index contributed by atoms with van der Waals surface area (Å²) < 4.78 is 26.5. The summed E-state index contributed by atoms with van der Waals surface area (Å²) in [6, 6.07) is 0.0962. The number of hydrogen-bond donors (Lipinski definition) is 1. The van der Waals surface area contributed by atoms with Gasteiger partial charge in [0.05, 0.1) is 0 Å². The third-order valence-corrected chi connectivity index (χ3v) is 6.20. The first kappa shape index (κ1) is 13.7. The van der Waals surface area contributed by atoms with Gasteiger partial charge in [0.2, 0.25) is 9.47 Å². The molecule has 0 saturated carbocycles. The molecule has 2 heterocycles. The van der Waals surface area contributed by atoms with Crippen molar-refractivity contribution in [2.75, 3.05) is 12.3 Å². The topological polar surface area (TPSA) is 89.2 Å². The molecule has 2 N–H and O–H groups in total. The molecular formula is C10H18N4O2S2. The van der Waals surface area contributed by atoms with Crippen LogP contribution in [0, 0.1) is 0 Å². The quantitative estimate of drug-likeness (QED) is 0.907. The number of nitrogens with two attached hydrogens (primary N) is 1. The van der Waals surface area contributed by atoms with Crippen LogP contribution in [-0.4, -0.2) is 35.5 Å². The van der Waals surface area contributed by atoms with Gasteiger partial charge in [0.1, 0.15) is 0 Å². The SMILES string of the molecule is CCCC1CCCCN1S(=O)(=O)c1nnc(N)s1. The molecule has 0 aliphatic carbocycles. The van der Waals surface area contributed by atoms with E-state index in [4.69, 9.17) is 5.73 Å². The van der Waals surface area contributed by atoms with Gasteiger partial charge in [-0.1, -0.05) is 31.1 Å². The molecule has 0 bridgehead atoms. The zero-order valence-electron chi connectivity index (χ0n) is 10.4. The first-order valence-electron chi connectivity index (χ1n) is 6.16. The number of nitrogens with zero attached hydrogens (tertiary/aromatic N) is 3. The van der Waals surface area contributed by atoms with E-state index in [0.717, 1.165) is 43.4 Å². The standard InChI is InChI=1S/C10H18N4O2S2/c1-2-5-8-6-3-4-7-14(8)18(15,16)10-13-12-9(11)17-10/h8H,2-7H2,1H3,(H2,11,12). The van der Waals surface area contributed by atoms with Gasteiger partial charge in [-0.25, -0.2) is 8.42 Å². The lowest BCUT2D eigenvalue weighted by Gasteiger charge is -2.33. The van der Waals surface area contributed by atoms with Crippen LogP contribution in [0.2, 0.25) is 0 Å². The van der Waals surface area contributed by atoms with E-state index in [1.165, 1.54) is 0 Å². The molecule has 0 aromatic carbocycles. The molecule has 0 spiro atoms. The maximum atomic E-state index is 12.5. The highest BCUT2D eigenvalue weighted by Gasteiger charge is 2.35. The minimum atomic E-state index is -3.51. The van der Waals surface area contributed by atoms with E-state index in [9.17, 15) is 8.42 Å². The molecule has 1 aliphatic rings. The summed E-state index contributed by atoms with van der Waals surface area (Å²) in [7, 11) is -3.51. The lowest BCUT2D eigenvalue weighted by Crippen LogP contribution is -2.43. The summed E-state index contributed by atoms with van der Waals surface area (Å²) in [6.45, 7) is 2.65. The number of piperidine rings is 1. The van der Waals surface area contributed by atoms with Gasteiger partial charge in [-0.15, -0.1) is 10.2 Å². The van der Waals surface area contributed by atoms with Crippen molar-refractivity contribution in [3.8, 4) is 0 Å². The maximum Gasteiger partial charge on any atom is 0.272 e. The van der Waals surface area contributed by atoms with Gasteiger partial charge >= 0.3 is 0 Å². The first-order chi connectivity index (χ1) is 8.55. The van der Waals surface area contributed by atoms with Gasteiger partial charge in [0.25, 0.3) is 10.0 Å². The van der Waals surface area contributed by atoms with Crippen LogP contribution < -0.4 is 5.73 Å². The summed E-state index contributed by atoms with van der Waals surface area (Å²) in [6.07, 6.45) is 4.81. The zero-order valence-corrected chi connectivity index (χ0v) is 12.0. The second-order valence-electron chi connectivity index (χ2n) is 4.46. The molecule has 1 aliphatic heterocycles. The van der Waals surface area contributed by atoms with E-state index in [2.05, 4.69) is 17.1 Å². The lowest BCUT2D eigenvalue weighted by molar-refractivity contribution is 0.239. The maximum absolute atomic E-state index is 12.5. The average molecular weight is 290 g/mol. The van der Waals surface area contributed by atoms with Crippen LogP contribution in [0.4, 0.5) is 5.13 Å². The molecule has 1 aromatic rings. The van der Waals surface area contributed by atoms with Crippen LogP contribution >= 0.6 is 11.3 Å². The molecule has 0 radical (unpaired) electrons. The van der Waals surface area contributed by atoms with Gasteiger partial charge < -0.3 is 5.73 Å². The van der Waals surface area contributed by atoms with E-state index in [0.29, 0.717) is 6.54 Å². The van der Waals surface area contributed by atoms with Gasteiger partial charge in [0, 0.05) is 12.6 Å². The van der Waals surface area contributed by atoms with Crippen LogP contribution in [0.3, 0.4) is 0 Å². The molecule has 18 heavy (non-hydrogen) atoms. The smallest absolute Gasteiger partial charge is 0.272 e. The highest BCUT2D eigenvalue weighted by molar-refractivity contribution is 7.91. The fourth-order valence-corrected chi connectivity index (χ4v) is 4.96. The molecule has 1 aromatic heterocycles. The Hall–Kier alpha value is -0.730. The fourth-order valence-electron chi connectivity index (χ4n) is 2.34. The third-order valence-electron chi connectivity index (χ3n) is 3.15. The van der Waals surface area contributed by atoms with E-state index >= 15 is 0 Å². The average Bonchev–Trinajstić information content (AvgIpc) is 2.78. The Morgan fingerprint density at radius 2 is 2.22 bits per heavy atom. The molecule has 0 amide bonds. The summed E-state index contributed by atoms with van der Waals surface area (Å²) in [4.78, 5) is 0. The molecule has 102 valence electrons. The predicted octanol–water partition coefficient (Wildman–Crippen LogP) is 1.46. The van der Waals surface area contributed by atoms with Gasteiger partial charge in [-0.3, -0.25) is 0 Å². The monoisotopic (exact) mass is 290 g/mol. The van der Waals surface area contributed by atoms with Crippen molar-refractivity contribution in [3.05, 3.63) is 0 Å². The van der Waals surface area contributed by atoms with Crippen molar-refractivity contribution in [1.29, 1.82) is 0 Å². The van der Waals surface area contributed by atoms with Crippen LogP contribution in [-0.2, 0) is 10.0 Å². The number of aromatic nitrogens is 2.